The second-order valence-electron chi connectivity index (χ2n) is 23.0. The summed E-state index contributed by atoms with van der Waals surface area (Å²) in [6.45, 7) is 27.3. The average Bonchev–Trinajstić information content (AvgIpc) is 3.97. The standard InChI is InChI=1S/C70H67N4O.Pt/c1-46(2)58-28-21-29-59(47(3)4)67(58)48-38-55(73-45-72(62-30-18-19-31-63(62)73)54-27-20-26-52(40-54)69(8,9)49-22-14-12-15-23-49)43-57(39-48)75-56-33-35-61-60-34-32-53(70(10,11)50-24-16-13-17-25-50)41-64(60)74(65(61)44-56)66-42-51(36-37-71-66)68(5,6)7;/h12-42,45-47H,1-11H3;/q-3;. The zero-order chi connectivity index (χ0) is 52.4. The second-order valence-corrected chi connectivity index (χ2v) is 23.0. The summed E-state index contributed by atoms with van der Waals surface area (Å²) in [5.74, 6) is 2.62. The molecule has 76 heavy (non-hydrogen) atoms. The third-order valence-corrected chi connectivity index (χ3v) is 15.7. The number of rotatable bonds is 12. The molecular weight excluding hydrogens is 1110 g/mol. The van der Waals surface area contributed by atoms with Crippen LogP contribution in [0.25, 0.3) is 38.8 Å². The van der Waals surface area contributed by atoms with Crippen LogP contribution < -0.4 is 14.5 Å². The van der Waals surface area contributed by atoms with Gasteiger partial charge in [-0.15, -0.1) is 53.6 Å². The summed E-state index contributed by atoms with van der Waals surface area (Å²) in [5, 5.41) is 2.21. The van der Waals surface area contributed by atoms with E-state index in [0.29, 0.717) is 23.3 Å². The molecule has 3 heterocycles. The monoisotopic (exact) mass is 1170 g/mol. The molecule has 386 valence electrons. The molecule has 0 N–H and O–H groups in total. The normalized spacial score (nSPS) is 13.0. The minimum atomic E-state index is -0.245. The number of ether oxygens (including phenoxy) is 1. The molecule has 0 amide bonds. The Morgan fingerprint density at radius 3 is 1.71 bits per heavy atom. The number of para-hydroxylation sites is 2. The molecule has 5 nitrogen and oxygen atoms in total. The minimum Gasteiger partial charge on any atom is -0.509 e. The fourth-order valence-electron chi connectivity index (χ4n) is 11.1. The van der Waals surface area contributed by atoms with Crippen LogP contribution in [0.5, 0.6) is 11.5 Å². The number of pyridine rings is 1. The molecule has 10 aromatic rings. The number of hydrogen-bond acceptors (Lipinski definition) is 4. The molecular formula is C70H67N4OPt-3. The average molecular weight is 1180 g/mol. The molecule has 1 aliphatic heterocycles. The first-order chi connectivity index (χ1) is 36.0. The second kappa shape index (κ2) is 20.4. The summed E-state index contributed by atoms with van der Waals surface area (Å²) in [6, 6.07) is 73.5. The largest absolute Gasteiger partial charge is 0.509 e. The molecule has 0 bridgehead atoms. The van der Waals surface area contributed by atoms with Crippen LogP contribution >= 0.6 is 0 Å². The van der Waals surface area contributed by atoms with Crippen molar-refractivity contribution in [3.63, 3.8) is 0 Å². The van der Waals surface area contributed by atoms with E-state index in [9.17, 15) is 0 Å². The van der Waals surface area contributed by atoms with E-state index in [1.807, 2.05) is 6.20 Å². The Balaban J connectivity index is 0.00000657. The van der Waals surface area contributed by atoms with Crippen molar-refractivity contribution in [2.24, 2.45) is 0 Å². The van der Waals surface area contributed by atoms with Crippen LogP contribution in [0.2, 0.25) is 0 Å². The van der Waals surface area contributed by atoms with Crippen molar-refractivity contribution in [2.45, 2.75) is 104 Å². The maximum Gasteiger partial charge on any atom is 0.135 e. The van der Waals surface area contributed by atoms with Gasteiger partial charge < -0.3 is 19.1 Å². The summed E-state index contributed by atoms with van der Waals surface area (Å²) >= 11 is 0. The third-order valence-electron chi connectivity index (χ3n) is 15.7. The van der Waals surface area contributed by atoms with Crippen molar-refractivity contribution in [2.75, 3.05) is 9.80 Å². The van der Waals surface area contributed by atoms with Crippen LogP contribution in [0.15, 0.2) is 188 Å². The molecule has 0 aliphatic carbocycles. The van der Waals surface area contributed by atoms with E-state index in [2.05, 4.69) is 291 Å². The molecule has 0 saturated heterocycles. The molecule has 0 saturated carbocycles. The van der Waals surface area contributed by atoms with Gasteiger partial charge in [0.1, 0.15) is 5.82 Å². The van der Waals surface area contributed by atoms with Crippen LogP contribution in [-0.4, -0.2) is 9.55 Å². The van der Waals surface area contributed by atoms with Gasteiger partial charge in [0.2, 0.25) is 0 Å². The molecule has 11 rings (SSSR count). The van der Waals surface area contributed by atoms with Gasteiger partial charge in [-0.3, -0.25) is 0 Å². The molecule has 0 fully saturated rings. The summed E-state index contributed by atoms with van der Waals surface area (Å²) in [7, 11) is 0. The number of anilines is 4. The first-order valence-electron chi connectivity index (χ1n) is 26.6. The van der Waals surface area contributed by atoms with Crippen molar-refractivity contribution in [3.05, 3.63) is 246 Å². The van der Waals surface area contributed by atoms with Crippen molar-refractivity contribution in [3.8, 4) is 28.4 Å². The Hall–Kier alpha value is -7.20. The molecule has 8 aromatic carbocycles. The van der Waals surface area contributed by atoms with Crippen LogP contribution in [0, 0.1) is 18.8 Å². The van der Waals surface area contributed by atoms with Gasteiger partial charge in [0.25, 0.3) is 0 Å². The topological polar surface area (TPSA) is 33.5 Å². The van der Waals surface area contributed by atoms with Crippen molar-refractivity contribution in [1.82, 2.24) is 9.55 Å². The molecule has 0 atom stereocenters. The van der Waals surface area contributed by atoms with Crippen LogP contribution in [0.1, 0.15) is 127 Å². The summed E-state index contributed by atoms with van der Waals surface area (Å²) in [5.41, 5.74) is 16.7. The van der Waals surface area contributed by atoms with E-state index in [4.69, 9.17) is 9.72 Å². The Morgan fingerprint density at radius 2 is 1.08 bits per heavy atom. The Labute approximate surface area is 465 Å². The zero-order valence-electron chi connectivity index (χ0n) is 45.6. The van der Waals surface area contributed by atoms with E-state index in [-0.39, 0.29) is 37.3 Å². The Bertz CT molecular complexity index is 3710. The van der Waals surface area contributed by atoms with Crippen LogP contribution in [0.3, 0.4) is 0 Å². The molecule has 1 aliphatic rings. The fraction of sp³-hybridized carbons (Fsp3) is 0.229. The number of fused-ring (bicyclic) bond motifs is 4. The van der Waals surface area contributed by atoms with Crippen LogP contribution in [-0.2, 0) is 37.3 Å². The van der Waals surface area contributed by atoms with Gasteiger partial charge in [0.15, 0.2) is 0 Å². The van der Waals surface area contributed by atoms with Gasteiger partial charge in [-0.25, -0.2) is 4.98 Å². The van der Waals surface area contributed by atoms with E-state index in [1.54, 1.807) is 0 Å². The first-order valence-corrected chi connectivity index (χ1v) is 26.6. The fourth-order valence-corrected chi connectivity index (χ4v) is 11.1. The molecule has 0 radical (unpaired) electrons. The predicted molar refractivity (Wildman–Crippen MR) is 314 cm³/mol. The number of aromatic nitrogens is 2. The van der Waals surface area contributed by atoms with Gasteiger partial charge in [-0.05, 0) is 110 Å². The smallest absolute Gasteiger partial charge is 0.135 e. The summed E-state index contributed by atoms with van der Waals surface area (Å²) in [6.07, 6.45) is 1.94. The minimum absolute atomic E-state index is 0. The number of benzene rings is 8. The molecule has 2 aromatic heterocycles. The summed E-state index contributed by atoms with van der Waals surface area (Å²) in [4.78, 5) is 9.63. The van der Waals surface area contributed by atoms with E-state index >= 15 is 0 Å². The van der Waals surface area contributed by atoms with E-state index < -0.39 is 0 Å². The summed E-state index contributed by atoms with van der Waals surface area (Å²) < 4.78 is 9.42. The Kier molecular flexibility index (Phi) is 14.0. The maximum atomic E-state index is 7.15. The molecule has 0 unspecified atom stereocenters. The third kappa shape index (κ3) is 9.57. The van der Waals surface area contributed by atoms with Gasteiger partial charge >= 0.3 is 0 Å². The van der Waals surface area contributed by atoms with E-state index in [1.165, 1.54) is 44.5 Å². The number of nitrogens with zero attached hydrogens (tertiary/aromatic N) is 4. The van der Waals surface area contributed by atoms with Gasteiger partial charge in [0, 0.05) is 72.2 Å². The zero-order valence-corrected chi connectivity index (χ0v) is 47.9. The van der Waals surface area contributed by atoms with Crippen molar-refractivity contribution in [1.29, 1.82) is 0 Å². The SMILES string of the molecule is CC(C)c1cccc(C(C)C)c1-c1cc(Oc2[c-]c3c(cc2)c2ccc(C(C)(C)c4ccccc4)cc2n3-c2cc(C(C)(C)C)ccn2)[c-]c(N2[CH-]N(c3cccc(C(C)(C)c4ccccc4)c3)c3ccccc32)c1.[Pt]. The van der Waals surface area contributed by atoms with Crippen molar-refractivity contribution < 1.29 is 25.8 Å². The predicted octanol–water partition coefficient (Wildman–Crippen LogP) is 18.8. The van der Waals surface area contributed by atoms with Gasteiger partial charge in [-0.1, -0.05) is 197 Å². The van der Waals surface area contributed by atoms with Gasteiger partial charge in [0.05, 0.1) is 0 Å². The molecule has 6 heteroatoms. The maximum absolute atomic E-state index is 7.15. The first kappa shape index (κ1) is 52.2. The van der Waals surface area contributed by atoms with E-state index in [0.717, 1.165) is 55.9 Å². The van der Waals surface area contributed by atoms with Crippen LogP contribution in [0.4, 0.5) is 22.7 Å². The van der Waals surface area contributed by atoms with Gasteiger partial charge in [-0.2, -0.15) is 6.07 Å². The quantitative estimate of drug-likeness (QED) is 0.114. The Morgan fingerprint density at radius 1 is 0.500 bits per heavy atom. The van der Waals surface area contributed by atoms with Crippen molar-refractivity contribution >= 4 is 44.6 Å². The molecule has 0 spiro atoms. The number of hydrogen-bond donors (Lipinski definition) is 0.